The molecule has 1 heterocycles. The maximum Gasteiger partial charge on any atom is 0.233 e. The second kappa shape index (κ2) is 8.34. The van der Waals surface area contributed by atoms with Crippen LogP contribution in [0.25, 0.3) is 0 Å². The zero-order valence-corrected chi connectivity index (χ0v) is 15.3. The monoisotopic (exact) mass is 378 g/mol. The Hall–Kier alpha value is -3.37. The van der Waals surface area contributed by atoms with Crippen LogP contribution in [-0.4, -0.2) is 19.2 Å². The molecule has 0 radical (unpaired) electrons. The van der Waals surface area contributed by atoms with E-state index in [-0.39, 0.29) is 5.75 Å². The zero-order valence-electron chi connectivity index (χ0n) is 14.5. The summed E-state index contributed by atoms with van der Waals surface area (Å²) in [5.41, 5.74) is 2.51. The van der Waals surface area contributed by atoms with E-state index in [1.807, 2.05) is 36.4 Å². The lowest BCUT2D eigenvalue weighted by molar-refractivity contribution is 0.600. The van der Waals surface area contributed by atoms with Gasteiger partial charge in [-0.05, 0) is 36.2 Å². The third-order valence-corrected chi connectivity index (χ3v) is 5.14. The van der Waals surface area contributed by atoms with Gasteiger partial charge in [0.2, 0.25) is 10.0 Å². The maximum absolute atomic E-state index is 12.2. The summed E-state index contributed by atoms with van der Waals surface area (Å²) in [4.78, 5) is 4.20. The number of hydrogen-bond donors (Lipinski definition) is 2. The van der Waals surface area contributed by atoms with Gasteiger partial charge in [0.1, 0.15) is 11.9 Å². The molecule has 1 aromatic heterocycles. The number of sulfonamides is 1. The molecule has 3 aromatic rings. The summed E-state index contributed by atoms with van der Waals surface area (Å²) >= 11 is 0. The van der Waals surface area contributed by atoms with Crippen molar-refractivity contribution < 1.29 is 8.42 Å². The van der Waals surface area contributed by atoms with Crippen LogP contribution >= 0.6 is 0 Å². The summed E-state index contributed by atoms with van der Waals surface area (Å²) in [7, 11) is -3.47. The van der Waals surface area contributed by atoms with Gasteiger partial charge in [-0.1, -0.05) is 42.5 Å². The van der Waals surface area contributed by atoms with E-state index >= 15 is 0 Å². The second-order valence-corrected chi connectivity index (χ2v) is 7.71. The lowest BCUT2D eigenvalue weighted by atomic mass is 10.2. The average Bonchev–Trinajstić information content (AvgIpc) is 2.69. The van der Waals surface area contributed by atoms with E-state index in [1.54, 1.807) is 30.3 Å². The minimum absolute atomic E-state index is 0.00738. The van der Waals surface area contributed by atoms with Crippen LogP contribution in [-0.2, 0) is 16.4 Å². The molecule has 0 atom stereocenters. The zero-order chi connectivity index (χ0) is 19.1. The minimum Gasteiger partial charge on any atom is -0.339 e. The van der Waals surface area contributed by atoms with Crippen molar-refractivity contribution in [3.63, 3.8) is 0 Å². The van der Waals surface area contributed by atoms with Crippen LogP contribution in [0.4, 0.5) is 17.2 Å². The Labute approximate surface area is 158 Å². The Morgan fingerprint density at radius 1 is 0.963 bits per heavy atom. The Balaban J connectivity index is 1.62. The van der Waals surface area contributed by atoms with Gasteiger partial charge in [0.25, 0.3) is 0 Å². The SMILES string of the molecule is N#Cc1ccccc1Nc1ccc(NS(=O)(=O)CCc2ccccc2)cn1. The van der Waals surface area contributed by atoms with Crippen molar-refractivity contribution in [1.82, 2.24) is 4.98 Å². The van der Waals surface area contributed by atoms with Crippen LogP contribution in [0.15, 0.2) is 72.9 Å². The van der Waals surface area contributed by atoms with Crippen LogP contribution in [0.5, 0.6) is 0 Å². The van der Waals surface area contributed by atoms with E-state index in [1.165, 1.54) is 6.20 Å². The molecular weight excluding hydrogens is 360 g/mol. The Bertz CT molecular complexity index is 1040. The molecule has 2 aromatic carbocycles. The van der Waals surface area contributed by atoms with Gasteiger partial charge in [-0.2, -0.15) is 5.26 Å². The molecule has 3 rings (SSSR count). The van der Waals surface area contributed by atoms with E-state index in [0.717, 1.165) is 5.56 Å². The molecule has 0 unspecified atom stereocenters. The van der Waals surface area contributed by atoms with Crippen molar-refractivity contribution in [2.24, 2.45) is 0 Å². The van der Waals surface area contributed by atoms with Crippen molar-refractivity contribution in [2.45, 2.75) is 6.42 Å². The normalized spacial score (nSPS) is 10.8. The second-order valence-electron chi connectivity index (χ2n) is 5.87. The van der Waals surface area contributed by atoms with E-state index < -0.39 is 10.0 Å². The molecule has 0 aliphatic heterocycles. The number of anilines is 3. The highest BCUT2D eigenvalue weighted by atomic mass is 32.2. The molecule has 27 heavy (non-hydrogen) atoms. The van der Waals surface area contributed by atoms with Gasteiger partial charge in [0, 0.05) is 0 Å². The summed E-state index contributed by atoms with van der Waals surface area (Å²) in [6.45, 7) is 0. The fourth-order valence-electron chi connectivity index (χ4n) is 2.48. The topological polar surface area (TPSA) is 94.9 Å². The number of benzene rings is 2. The van der Waals surface area contributed by atoms with E-state index in [2.05, 4.69) is 21.1 Å². The van der Waals surface area contributed by atoms with E-state index in [4.69, 9.17) is 5.26 Å². The van der Waals surface area contributed by atoms with Gasteiger partial charge in [-0.15, -0.1) is 0 Å². The van der Waals surface area contributed by atoms with Gasteiger partial charge >= 0.3 is 0 Å². The number of nitrogens with zero attached hydrogens (tertiary/aromatic N) is 2. The van der Waals surface area contributed by atoms with Gasteiger partial charge in [0.15, 0.2) is 0 Å². The van der Waals surface area contributed by atoms with Crippen molar-refractivity contribution in [3.05, 3.63) is 84.1 Å². The molecule has 0 aliphatic rings. The molecule has 0 fully saturated rings. The number of nitrogens with one attached hydrogen (secondary N) is 2. The first-order valence-corrected chi connectivity index (χ1v) is 9.97. The number of aryl methyl sites for hydroxylation is 1. The standard InChI is InChI=1S/C20H18N4O2S/c21-14-17-8-4-5-9-19(17)23-20-11-10-18(15-22-20)24-27(25,26)13-12-16-6-2-1-3-7-16/h1-11,15,24H,12-13H2,(H,22,23). The predicted octanol–water partition coefficient (Wildman–Crippen LogP) is 3.68. The summed E-state index contributed by atoms with van der Waals surface area (Å²) in [6, 6.07) is 21.9. The number of aromatic nitrogens is 1. The van der Waals surface area contributed by atoms with Crippen LogP contribution in [0.1, 0.15) is 11.1 Å². The average molecular weight is 378 g/mol. The molecule has 136 valence electrons. The highest BCUT2D eigenvalue weighted by Crippen LogP contribution is 2.20. The van der Waals surface area contributed by atoms with E-state index in [9.17, 15) is 8.42 Å². The van der Waals surface area contributed by atoms with Crippen LogP contribution < -0.4 is 10.0 Å². The van der Waals surface area contributed by atoms with Crippen molar-refractivity contribution >= 4 is 27.2 Å². The minimum atomic E-state index is -3.47. The third-order valence-electron chi connectivity index (χ3n) is 3.85. The highest BCUT2D eigenvalue weighted by Gasteiger charge is 2.11. The Kier molecular flexibility index (Phi) is 5.69. The molecule has 0 saturated heterocycles. The lowest BCUT2D eigenvalue weighted by Gasteiger charge is -2.10. The number of nitriles is 1. The number of rotatable bonds is 7. The first kappa shape index (κ1) is 18.4. The molecular formula is C20H18N4O2S. The molecule has 7 heteroatoms. The summed E-state index contributed by atoms with van der Waals surface area (Å²) < 4.78 is 27.0. The van der Waals surface area contributed by atoms with Gasteiger partial charge < -0.3 is 5.32 Å². The van der Waals surface area contributed by atoms with Crippen LogP contribution in [0, 0.1) is 11.3 Å². The largest absolute Gasteiger partial charge is 0.339 e. The van der Waals surface area contributed by atoms with Crippen LogP contribution in [0.2, 0.25) is 0 Å². The summed E-state index contributed by atoms with van der Waals surface area (Å²) in [6.07, 6.45) is 1.88. The highest BCUT2D eigenvalue weighted by molar-refractivity contribution is 7.92. The van der Waals surface area contributed by atoms with E-state index in [0.29, 0.717) is 29.2 Å². The van der Waals surface area contributed by atoms with Gasteiger partial charge in [0.05, 0.1) is 28.9 Å². The molecule has 0 saturated carbocycles. The Morgan fingerprint density at radius 3 is 2.41 bits per heavy atom. The predicted molar refractivity (Wildman–Crippen MR) is 106 cm³/mol. The van der Waals surface area contributed by atoms with Gasteiger partial charge in [-0.25, -0.2) is 13.4 Å². The maximum atomic E-state index is 12.2. The first-order valence-electron chi connectivity index (χ1n) is 8.32. The molecule has 0 amide bonds. The Morgan fingerprint density at radius 2 is 1.70 bits per heavy atom. The fraction of sp³-hybridized carbons (Fsp3) is 0.100. The first-order chi connectivity index (χ1) is 13.1. The van der Waals surface area contributed by atoms with Crippen molar-refractivity contribution in [2.75, 3.05) is 15.8 Å². The number of pyridine rings is 1. The number of hydrogen-bond acceptors (Lipinski definition) is 5. The fourth-order valence-corrected chi connectivity index (χ4v) is 3.57. The molecule has 0 spiro atoms. The summed E-state index contributed by atoms with van der Waals surface area (Å²) in [5.74, 6) is 0.511. The van der Waals surface area contributed by atoms with Crippen molar-refractivity contribution in [1.29, 1.82) is 5.26 Å². The molecule has 0 aliphatic carbocycles. The lowest BCUT2D eigenvalue weighted by Crippen LogP contribution is -2.18. The molecule has 2 N–H and O–H groups in total. The van der Waals surface area contributed by atoms with Gasteiger partial charge in [-0.3, -0.25) is 4.72 Å². The number of para-hydroxylation sites is 1. The third kappa shape index (κ3) is 5.30. The quantitative estimate of drug-likeness (QED) is 0.654. The molecule has 0 bridgehead atoms. The molecule has 6 nitrogen and oxygen atoms in total. The van der Waals surface area contributed by atoms with Crippen LogP contribution in [0.3, 0.4) is 0 Å². The summed E-state index contributed by atoms with van der Waals surface area (Å²) in [5, 5.41) is 12.2. The van der Waals surface area contributed by atoms with Crippen molar-refractivity contribution in [3.8, 4) is 6.07 Å². The smallest absolute Gasteiger partial charge is 0.233 e.